The molecular weight excluding hydrogens is 295 g/mol. The van der Waals surface area contributed by atoms with Crippen LogP contribution in [0.15, 0.2) is 22.6 Å². The summed E-state index contributed by atoms with van der Waals surface area (Å²) >= 11 is 1.22. The fourth-order valence-corrected chi connectivity index (χ4v) is 2.11. The van der Waals surface area contributed by atoms with Gasteiger partial charge in [-0.15, -0.1) is 11.3 Å². The molecule has 0 N–H and O–H groups in total. The summed E-state index contributed by atoms with van der Waals surface area (Å²) in [5.74, 6) is -0.504. The molecule has 5 nitrogen and oxygen atoms in total. The molecule has 20 heavy (non-hydrogen) atoms. The summed E-state index contributed by atoms with van der Waals surface area (Å²) in [4.78, 5) is 14.3. The van der Waals surface area contributed by atoms with Crippen LogP contribution in [0.5, 0.6) is 0 Å². The zero-order valence-electron chi connectivity index (χ0n) is 10.3. The lowest BCUT2D eigenvalue weighted by Crippen LogP contribution is -2.18. The monoisotopic (exact) mass is 307 g/mol. The van der Waals surface area contributed by atoms with E-state index in [0.717, 1.165) is 0 Å². The molecule has 1 atom stereocenters. The van der Waals surface area contributed by atoms with Crippen molar-refractivity contribution in [2.75, 3.05) is 6.61 Å². The van der Waals surface area contributed by atoms with Crippen LogP contribution in [-0.2, 0) is 4.74 Å². The van der Waals surface area contributed by atoms with Crippen LogP contribution in [0.25, 0.3) is 10.4 Å². The summed E-state index contributed by atoms with van der Waals surface area (Å²) in [6.45, 7) is -0.00790. The van der Waals surface area contributed by atoms with Crippen molar-refractivity contribution >= 4 is 17.3 Å². The molecule has 0 aliphatic heterocycles. The molecule has 0 aromatic carbocycles. The summed E-state index contributed by atoms with van der Waals surface area (Å²) in [5.41, 5.74) is 8.21. The second-order valence-corrected chi connectivity index (χ2v) is 4.88. The Morgan fingerprint density at radius 1 is 1.55 bits per heavy atom. The van der Waals surface area contributed by atoms with Gasteiger partial charge < -0.3 is 4.74 Å². The molecule has 0 fully saturated rings. The number of hydrogen-bond acceptors (Lipinski definition) is 4. The van der Waals surface area contributed by atoms with E-state index >= 15 is 0 Å². The van der Waals surface area contributed by atoms with Crippen molar-refractivity contribution in [3.8, 4) is 0 Å². The minimum absolute atomic E-state index is 0.00790. The predicted molar refractivity (Wildman–Crippen MR) is 67.4 cm³/mol. The molecule has 0 saturated heterocycles. The minimum atomic E-state index is -4.38. The molecule has 1 heterocycles. The average Bonchev–Trinajstić information content (AvgIpc) is 2.86. The number of rotatable bonds is 7. The third kappa shape index (κ3) is 6.44. The van der Waals surface area contributed by atoms with Crippen LogP contribution < -0.4 is 0 Å². The van der Waals surface area contributed by atoms with Gasteiger partial charge in [-0.2, -0.15) is 13.2 Å². The van der Waals surface area contributed by atoms with Crippen LogP contribution in [0.1, 0.15) is 28.9 Å². The normalized spacial score (nSPS) is 12.6. The van der Waals surface area contributed by atoms with Crippen molar-refractivity contribution in [3.05, 3.63) is 32.8 Å². The maximum absolute atomic E-state index is 12.2. The van der Waals surface area contributed by atoms with Gasteiger partial charge in [0.05, 0.1) is 13.0 Å². The predicted octanol–water partition coefficient (Wildman–Crippen LogP) is 4.32. The number of carbonyl (C=O) groups is 1. The molecule has 0 saturated carbocycles. The molecule has 0 amide bonds. The molecule has 1 aromatic rings. The molecule has 110 valence electrons. The third-order valence-electron chi connectivity index (χ3n) is 2.32. The number of carbonyl (C=O) groups excluding carboxylic acids is 1. The summed E-state index contributed by atoms with van der Waals surface area (Å²) in [5, 5.41) is 4.82. The van der Waals surface area contributed by atoms with Gasteiger partial charge in [-0.25, -0.2) is 4.79 Å². The van der Waals surface area contributed by atoms with Gasteiger partial charge in [-0.05, 0) is 29.8 Å². The lowest BCUT2D eigenvalue weighted by Gasteiger charge is -2.13. The molecule has 0 aliphatic carbocycles. The number of nitrogens with zero attached hydrogens (tertiary/aromatic N) is 3. The van der Waals surface area contributed by atoms with Gasteiger partial charge >= 0.3 is 12.1 Å². The van der Waals surface area contributed by atoms with E-state index in [2.05, 4.69) is 10.0 Å². The highest BCUT2D eigenvalue weighted by molar-refractivity contribution is 7.11. The Labute approximate surface area is 117 Å². The maximum Gasteiger partial charge on any atom is 0.389 e. The second-order valence-electron chi connectivity index (χ2n) is 3.93. The maximum atomic E-state index is 12.2. The molecule has 1 unspecified atom stereocenters. The molecule has 0 aliphatic rings. The van der Waals surface area contributed by atoms with Gasteiger partial charge in [0.25, 0.3) is 0 Å². The standard InChI is InChI=1S/C11H12F3N3O2S/c12-11(13,14)7-8(16-17-15)3-1-5-19-10(18)9-4-2-6-20-9/h2,4,6,8H,1,3,5,7H2. The van der Waals surface area contributed by atoms with Crippen LogP contribution in [0.3, 0.4) is 0 Å². The Kier molecular flexibility index (Phi) is 6.33. The molecule has 1 aromatic heterocycles. The number of esters is 1. The highest BCUT2D eigenvalue weighted by Crippen LogP contribution is 2.25. The fourth-order valence-electron chi connectivity index (χ4n) is 1.49. The Morgan fingerprint density at radius 2 is 2.30 bits per heavy atom. The molecule has 0 radical (unpaired) electrons. The van der Waals surface area contributed by atoms with Crippen LogP contribution in [0.2, 0.25) is 0 Å². The van der Waals surface area contributed by atoms with E-state index in [4.69, 9.17) is 10.3 Å². The number of alkyl halides is 3. The van der Waals surface area contributed by atoms with Crippen molar-refractivity contribution in [2.45, 2.75) is 31.5 Å². The lowest BCUT2D eigenvalue weighted by molar-refractivity contribution is -0.138. The van der Waals surface area contributed by atoms with Crippen molar-refractivity contribution in [1.82, 2.24) is 0 Å². The van der Waals surface area contributed by atoms with E-state index < -0.39 is 24.6 Å². The molecule has 9 heteroatoms. The molecular formula is C11H12F3N3O2S. The first-order valence-electron chi connectivity index (χ1n) is 5.74. The van der Waals surface area contributed by atoms with Gasteiger partial charge in [0.15, 0.2) is 0 Å². The number of halogens is 3. The zero-order valence-corrected chi connectivity index (χ0v) is 11.2. The third-order valence-corrected chi connectivity index (χ3v) is 3.17. The first-order chi connectivity index (χ1) is 9.42. The fraction of sp³-hybridized carbons (Fsp3) is 0.545. The first kappa shape index (κ1) is 16.3. The van der Waals surface area contributed by atoms with Gasteiger partial charge in [0, 0.05) is 11.0 Å². The van der Waals surface area contributed by atoms with Crippen LogP contribution in [0.4, 0.5) is 13.2 Å². The van der Waals surface area contributed by atoms with E-state index in [1.54, 1.807) is 17.5 Å². The van der Waals surface area contributed by atoms with Crippen molar-refractivity contribution in [2.24, 2.45) is 5.11 Å². The SMILES string of the molecule is [N-]=[N+]=NC(CCCOC(=O)c1cccs1)CC(F)(F)F. The van der Waals surface area contributed by atoms with Crippen molar-refractivity contribution in [1.29, 1.82) is 0 Å². The largest absolute Gasteiger partial charge is 0.462 e. The highest BCUT2D eigenvalue weighted by Gasteiger charge is 2.31. The summed E-state index contributed by atoms with van der Waals surface area (Å²) in [7, 11) is 0. The van der Waals surface area contributed by atoms with Crippen LogP contribution >= 0.6 is 11.3 Å². The highest BCUT2D eigenvalue weighted by atomic mass is 32.1. The lowest BCUT2D eigenvalue weighted by atomic mass is 10.1. The van der Waals surface area contributed by atoms with Crippen LogP contribution in [0, 0.1) is 0 Å². The Morgan fingerprint density at radius 3 is 2.85 bits per heavy atom. The molecule has 0 spiro atoms. The van der Waals surface area contributed by atoms with Crippen LogP contribution in [-0.4, -0.2) is 24.8 Å². The van der Waals surface area contributed by atoms with Gasteiger partial charge in [-0.1, -0.05) is 11.2 Å². The van der Waals surface area contributed by atoms with E-state index in [0.29, 0.717) is 4.88 Å². The Bertz CT molecular complexity index is 470. The van der Waals surface area contributed by atoms with E-state index in [1.165, 1.54) is 11.3 Å². The zero-order chi connectivity index (χ0) is 15.0. The molecule has 1 rings (SSSR count). The minimum Gasteiger partial charge on any atom is -0.462 e. The summed E-state index contributed by atoms with van der Waals surface area (Å²) in [6, 6.07) is 2.13. The summed E-state index contributed by atoms with van der Waals surface area (Å²) < 4.78 is 41.5. The summed E-state index contributed by atoms with van der Waals surface area (Å²) in [6.07, 6.45) is -5.33. The topological polar surface area (TPSA) is 75.1 Å². The number of thiophene rings is 1. The number of azide groups is 1. The van der Waals surface area contributed by atoms with Gasteiger partial charge in [-0.3, -0.25) is 0 Å². The van der Waals surface area contributed by atoms with Gasteiger partial charge in [0.1, 0.15) is 4.88 Å². The average molecular weight is 307 g/mol. The van der Waals surface area contributed by atoms with E-state index in [-0.39, 0.29) is 19.4 Å². The number of ether oxygens (including phenoxy) is 1. The van der Waals surface area contributed by atoms with Crippen molar-refractivity contribution < 1.29 is 22.7 Å². The quantitative estimate of drug-likeness (QED) is 0.247. The van der Waals surface area contributed by atoms with E-state index in [9.17, 15) is 18.0 Å². The van der Waals surface area contributed by atoms with Crippen molar-refractivity contribution in [3.63, 3.8) is 0 Å². The Hall–Kier alpha value is -1.73. The second kappa shape index (κ2) is 7.76. The van der Waals surface area contributed by atoms with E-state index in [1.807, 2.05) is 0 Å². The number of hydrogen-bond donors (Lipinski definition) is 0. The van der Waals surface area contributed by atoms with Gasteiger partial charge in [0.2, 0.25) is 0 Å². The smallest absolute Gasteiger partial charge is 0.389 e. The Balaban J connectivity index is 2.30. The first-order valence-corrected chi connectivity index (χ1v) is 6.62. The molecule has 0 bridgehead atoms.